The maximum Gasteiger partial charge on any atom is 0.417 e. The number of unbranched alkanes of at least 4 members (excludes halogenated alkanes) is 4. The molecule has 6 nitrogen and oxygen atoms in total. The highest BCUT2D eigenvalue weighted by Crippen LogP contribution is 2.38. The van der Waals surface area contributed by atoms with E-state index in [-0.39, 0.29) is 16.7 Å². The number of likely N-dealkylation sites (tertiary alicyclic amines) is 1. The highest BCUT2D eigenvalue weighted by Gasteiger charge is 2.49. The molecule has 1 amide bonds. The average Bonchev–Trinajstić information content (AvgIpc) is 3.33. The summed E-state index contributed by atoms with van der Waals surface area (Å²) in [6, 6.07) is 5.37. The lowest BCUT2D eigenvalue weighted by Crippen LogP contribution is -2.44. The average molecular weight is 525 g/mol. The van der Waals surface area contributed by atoms with E-state index >= 15 is 0 Å². The summed E-state index contributed by atoms with van der Waals surface area (Å²) in [4.78, 5) is 18.7. The fourth-order valence-electron chi connectivity index (χ4n) is 5.13. The van der Waals surface area contributed by atoms with E-state index in [0.717, 1.165) is 68.8 Å². The number of benzene rings is 1. The molecule has 1 aromatic carbocycles. The van der Waals surface area contributed by atoms with Gasteiger partial charge in [0.05, 0.1) is 29.5 Å². The molecule has 2 heterocycles. The summed E-state index contributed by atoms with van der Waals surface area (Å²) in [5.74, 6) is -0.374. The minimum absolute atomic E-state index is 0.0283. The molecular formula is C26H35F3N4O2S. The first-order valence-corrected chi connectivity index (χ1v) is 12.9. The van der Waals surface area contributed by atoms with E-state index in [0.29, 0.717) is 12.6 Å². The van der Waals surface area contributed by atoms with Crippen LogP contribution in [0.4, 0.5) is 18.9 Å². The van der Waals surface area contributed by atoms with Crippen molar-refractivity contribution in [3.8, 4) is 6.07 Å². The zero-order valence-electron chi connectivity index (χ0n) is 21.2. The van der Waals surface area contributed by atoms with Crippen LogP contribution in [0.15, 0.2) is 18.2 Å². The van der Waals surface area contributed by atoms with E-state index < -0.39 is 22.8 Å². The number of carbonyl (C=O) groups excluding carboxylic acids is 1. The van der Waals surface area contributed by atoms with Crippen molar-refractivity contribution >= 4 is 28.9 Å². The van der Waals surface area contributed by atoms with Gasteiger partial charge in [0, 0.05) is 19.7 Å². The number of hydrogen-bond acceptors (Lipinski definition) is 5. The molecule has 0 N–H and O–H groups in total. The van der Waals surface area contributed by atoms with Crippen molar-refractivity contribution in [2.45, 2.75) is 76.6 Å². The maximum absolute atomic E-state index is 13.5. The summed E-state index contributed by atoms with van der Waals surface area (Å²) in [6.45, 7) is 7.06. The topological polar surface area (TPSA) is 59.8 Å². The quantitative estimate of drug-likeness (QED) is 0.287. The van der Waals surface area contributed by atoms with E-state index in [1.807, 2.05) is 0 Å². The van der Waals surface area contributed by atoms with Crippen LogP contribution in [0, 0.1) is 11.3 Å². The lowest BCUT2D eigenvalue weighted by molar-refractivity contribution is -0.137. The normalized spacial score (nSPS) is 20.4. The van der Waals surface area contributed by atoms with E-state index in [4.69, 9.17) is 22.2 Å². The molecule has 0 bridgehead atoms. The molecule has 0 radical (unpaired) electrons. The number of rotatable bonds is 11. The standard InChI is InChI=1S/C26H35F3N4O2S/c1-25(2)23(34)33(20-12-11-19(17-30)22(16-20)26(27,28)29)24(36)32(25)15-8-6-4-5-7-13-31-14-9-10-21(31)18-35-3/h11-12,16,21H,4-10,13-15,18H2,1-3H3/t21-/m0/s1. The molecule has 0 unspecified atom stereocenters. The molecule has 1 atom stereocenters. The fourth-order valence-corrected chi connectivity index (χ4v) is 5.64. The third kappa shape index (κ3) is 6.18. The number of ether oxygens (including phenoxy) is 1. The Kier molecular flexibility index (Phi) is 9.36. The molecule has 0 saturated carbocycles. The highest BCUT2D eigenvalue weighted by atomic mass is 32.1. The largest absolute Gasteiger partial charge is 0.417 e. The number of nitriles is 1. The minimum atomic E-state index is -4.71. The number of thiocarbonyl (C=S) groups is 1. The second-order valence-electron chi connectivity index (χ2n) is 10.0. The van der Waals surface area contributed by atoms with Crippen molar-refractivity contribution in [1.29, 1.82) is 5.26 Å². The van der Waals surface area contributed by atoms with Crippen LogP contribution in [0.1, 0.15) is 69.9 Å². The Morgan fingerprint density at radius 3 is 2.47 bits per heavy atom. The monoisotopic (exact) mass is 524 g/mol. The van der Waals surface area contributed by atoms with Crippen LogP contribution in [-0.2, 0) is 15.7 Å². The summed E-state index contributed by atoms with van der Waals surface area (Å²) in [6.07, 6.45) is 2.89. The van der Waals surface area contributed by atoms with Gasteiger partial charge in [-0.05, 0) is 83.0 Å². The van der Waals surface area contributed by atoms with Crippen LogP contribution in [0.5, 0.6) is 0 Å². The van der Waals surface area contributed by atoms with Gasteiger partial charge in [-0.15, -0.1) is 0 Å². The summed E-state index contributed by atoms with van der Waals surface area (Å²) < 4.78 is 45.7. The Morgan fingerprint density at radius 2 is 1.83 bits per heavy atom. The number of anilines is 1. The molecule has 2 fully saturated rings. The van der Waals surface area contributed by atoms with Crippen LogP contribution in [-0.4, -0.2) is 65.8 Å². The fraction of sp³-hybridized carbons (Fsp3) is 0.654. The molecule has 2 aliphatic heterocycles. The van der Waals surface area contributed by atoms with Crippen LogP contribution >= 0.6 is 12.2 Å². The third-order valence-corrected chi connectivity index (χ3v) is 7.60. The minimum Gasteiger partial charge on any atom is -0.383 e. The lowest BCUT2D eigenvalue weighted by atomic mass is 10.0. The van der Waals surface area contributed by atoms with E-state index in [9.17, 15) is 18.0 Å². The van der Waals surface area contributed by atoms with Crippen molar-refractivity contribution in [2.24, 2.45) is 0 Å². The van der Waals surface area contributed by atoms with Gasteiger partial charge < -0.3 is 9.64 Å². The van der Waals surface area contributed by atoms with Gasteiger partial charge in [-0.25, -0.2) is 0 Å². The number of carbonyl (C=O) groups is 1. The van der Waals surface area contributed by atoms with Crippen molar-refractivity contribution < 1.29 is 22.7 Å². The maximum atomic E-state index is 13.5. The number of alkyl halides is 3. The number of nitrogens with zero attached hydrogens (tertiary/aromatic N) is 4. The summed E-state index contributed by atoms with van der Waals surface area (Å²) >= 11 is 5.55. The van der Waals surface area contributed by atoms with E-state index in [1.165, 1.54) is 18.9 Å². The first-order chi connectivity index (χ1) is 17.0. The summed E-state index contributed by atoms with van der Waals surface area (Å²) in [5, 5.41) is 9.25. The third-order valence-electron chi connectivity index (χ3n) is 7.20. The molecule has 0 aliphatic carbocycles. The smallest absolute Gasteiger partial charge is 0.383 e. The zero-order valence-corrected chi connectivity index (χ0v) is 22.1. The van der Waals surface area contributed by atoms with Gasteiger partial charge in [-0.3, -0.25) is 14.6 Å². The van der Waals surface area contributed by atoms with Gasteiger partial charge in [0.2, 0.25) is 0 Å². The number of hydrogen-bond donors (Lipinski definition) is 0. The predicted molar refractivity (Wildman–Crippen MR) is 137 cm³/mol. The Labute approximate surface area is 217 Å². The van der Waals surface area contributed by atoms with Crippen molar-refractivity contribution in [3.63, 3.8) is 0 Å². The van der Waals surface area contributed by atoms with Gasteiger partial charge in [0.25, 0.3) is 5.91 Å². The second kappa shape index (κ2) is 11.9. The Bertz CT molecular complexity index is 992. The number of halogens is 3. The molecular weight excluding hydrogens is 489 g/mol. The van der Waals surface area contributed by atoms with Gasteiger partial charge in [0.15, 0.2) is 5.11 Å². The molecule has 36 heavy (non-hydrogen) atoms. The first-order valence-electron chi connectivity index (χ1n) is 12.5. The number of methoxy groups -OCH3 is 1. The molecule has 1 aromatic rings. The highest BCUT2D eigenvalue weighted by molar-refractivity contribution is 7.80. The molecule has 2 saturated heterocycles. The van der Waals surface area contributed by atoms with Crippen LogP contribution in [0.3, 0.4) is 0 Å². The summed E-state index contributed by atoms with van der Waals surface area (Å²) in [5.41, 5.74) is -2.49. The van der Waals surface area contributed by atoms with Crippen molar-refractivity contribution in [1.82, 2.24) is 9.80 Å². The molecule has 0 spiro atoms. The SMILES string of the molecule is COC[C@@H]1CCCN1CCCCCCCN1C(=S)N(c2ccc(C#N)c(C(F)(F)F)c2)C(=O)C1(C)C. The van der Waals surface area contributed by atoms with Crippen LogP contribution in [0.2, 0.25) is 0 Å². The van der Waals surface area contributed by atoms with E-state index in [1.54, 1.807) is 31.9 Å². The van der Waals surface area contributed by atoms with Gasteiger partial charge >= 0.3 is 6.18 Å². The second-order valence-corrected chi connectivity index (χ2v) is 10.4. The predicted octanol–water partition coefficient (Wildman–Crippen LogP) is 5.35. The van der Waals surface area contributed by atoms with Gasteiger partial charge in [-0.2, -0.15) is 18.4 Å². The summed E-state index contributed by atoms with van der Waals surface area (Å²) in [7, 11) is 1.75. The molecule has 3 rings (SSSR count). The first kappa shape index (κ1) is 28.4. The van der Waals surface area contributed by atoms with Gasteiger partial charge in [-0.1, -0.05) is 19.3 Å². The molecule has 198 valence electrons. The van der Waals surface area contributed by atoms with Crippen LogP contribution < -0.4 is 4.90 Å². The Hall–Kier alpha value is -2.22. The van der Waals surface area contributed by atoms with Gasteiger partial charge in [0.1, 0.15) is 5.54 Å². The Morgan fingerprint density at radius 1 is 1.17 bits per heavy atom. The van der Waals surface area contributed by atoms with Crippen molar-refractivity contribution in [2.75, 3.05) is 38.3 Å². The molecule has 2 aliphatic rings. The molecule has 0 aromatic heterocycles. The molecule has 10 heteroatoms. The number of amides is 1. The zero-order chi connectivity index (χ0) is 26.5. The van der Waals surface area contributed by atoms with Crippen molar-refractivity contribution in [3.05, 3.63) is 29.3 Å². The van der Waals surface area contributed by atoms with Crippen LogP contribution in [0.25, 0.3) is 0 Å². The Balaban J connectivity index is 1.54. The van der Waals surface area contributed by atoms with E-state index in [2.05, 4.69) is 4.90 Å². The lowest BCUT2D eigenvalue weighted by Gasteiger charge is -2.29.